The number of nitrogens with zero attached hydrogens (tertiary/aromatic N) is 6. The van der Waals surface area contributed by atoms with Gasteiger partial charge in [0.2, 0.25) is 0 Å². The van der Waals surface area contributed by atoms with Crippen molar-refractivity contribution in [2.75, 3.05) is 31.1 Å². The first-order valence-electron chi connectivity index (χ1n) is 10.1. The second-order valence-electron chi connectivity index (χ2n) is 7.66. The molecule has 2 aromatic rings. The van der Waals surface area contributed by atoms with Crippen molar-refractivity contribution in [2.24, 2.45) is 0 Å². The van der Waals surface area contributed by atoms with Gasteiger partial charge in [-0.05, 0) is 43.6 Å². The van der Waals surface area contributed by atoms with Crippen LogP contribution in [0.5, 0.6) is 0 Å². The van der Waals surface area contributed by atoms with Gasteiger partial charge in [-0.3, -0.25) is 4.90 Å². The summed E-state index contributed by atoms with van der Waals surface area (Å²) in [6.07, 6.45) is 1.96. The lowest BCUT2D eigenvalue weighted by atomic mass is 10.2. The van der Waals surface area contributed by atoms with Crippen LogP contribution in [0.25, 0.3) is 0 Å². The zero-order chi connectivity index (χ0) is 20.4. The highest BCUT2D eigenvalue weighted by molar-refractivity contribution is 7.71. The molecule has 1 saturated heterocycles. The fraction of sp³-hybridized carbons (Fsp3) is 0.632. The molecule has 2 aliphatic heterocycles. The van der Waals surface area contributed by atoms with E-state index >= 15 is 0 Å². The number of anilines is 1. The maximum atomic E-state index is 12.7. The summed E-state index contributed by atoms with van der Waals surface area (Å²) in [4.78, 5) is 8.38. The van der Waals surface area contributed by atoms with Gasteiger partial charge in [-0.25, -0.2) is 9.67 Å². The molecule has 158 valence electrons. The van der Waals surface area contributed by atoms with Crippen molar-refractivity contribution >= 4 is 18.0 Å². The van der Waals surface area contributed by atoms with Crippen LogP contribution in [0.15, 0.2) is 18.3 Å². The van der Waals surface area contributed by atoms with Gasteiger partial charge >= 0.3 is 6.18 Å². The topological polar surface area (TPSA) is 42.1 Å². The Hall–Kier alpha value is -1.94. The maximum Gasteiger partial charge on any atom is 0.417 e. The number of aryl methyl sites for hydroxylation is 1. The minimum atomic E-state index is -4.36. The molecule has 0 bridgehead atoms. The zero-order valence-electron chi connectivity index (χ0n) is 16.2. The summed E-state index contributed by atoms with van der Waals surface area (Å²) >= 11 is 5.64. The first-order chi connectivity index (χ1) is 13.9. The summed E-state index contributed by atoms with van der Waals surface area (Å²) in [6.45, 7) is 4.74. The van der Waals surface area contributed by atoms with Crippen molar-refractivity contribution < 1.29 is 13.2 Å². The fourth-order valence-electron chi connectivity index (χ4n) is 3.99. The Morgan fingerprint density at radius 3 is 2.59 bits per heavy atom. The van der Waals surface area contributed by atoms with Crippen LogP contribution in [0.2, 0.25) is 0 Å². The van der Waals surface area contributed by atoms with E-state index in [1.807, 2.05) is 9.58 Å². The molecule has 0 spiro atoms. The van der Waals surface area contributed by atoms with Gasteiger partial charge in [0.1, 0.15) is 11.6 Å². The number of rotatable bonds is 3. The smallest absolute Gasteiger partial charge is 0.355 e. The van der Waals surface area contributed by atoms with Crippen molar-refractivity contribution in [1.82, 2.24) is 24.2 Å². The highest BCUT2D eigenvalue weighted by atomic mass is 32.1. The van der Waals surface area contributed by atoms with Crippen molar-refractivity contribution in [3.8, 4) is 0 Å². The number of alkyl halides is 3. The summed E-state index contributed by atoms with van der Waals surface area (Å²) in [5, 5.41) is 4.75. The molecule has 4 rings (SSSR count). The molecular weight excluding hydrogens is 401 g/mol. The molecular formula is C19H25F3N6S. The van der Waals surface area contributed by atoms with E-state index in [1.165, 1.54) is 12.5 Å². The molecule has 0 amide bonds. The molecule has 1 fully saturated rings. The third kappa shape index (κ3) is 4.63. The quantitative estimate of drug-likeness (QED) is 0.700. The molecule has 0 aliphatic carbocycles. The van der Waals surface area contributed by atoms with Gasteiger partial charge in [0, 0.05) is 45.3 Å². The first-order valence-corrected chi connectivity index (χ1v) is 10.5. The van der Waals surface area contributed by atoms with E-state index in [0.717, 1.165) is 74.7 Å². The van der Waals surface area contributed by atoms with Crippen LogP contribution in [0.4, 0.5) is 19.0 Å². The molecule has 2 aliphatic rings. The second kappa shape index (κ2) is 8.43. The van der Waals surface area contributed by atoms with Crippen molar-refractivity contribution in [2.45, 2.75) is 51.5 Å². The standard InChI is InChI=1S/C19H25F3N6S/c20-19(21,22)15-6-7-16(23-13-15)26-9-4-8-25(11-12-26)14-28-18(29)27-10-3-1-2-5-17(27)24-28/h6-7,13H,1-5,8-12,14H2. The fourth-order valence-corrected chi connectivity index (χ4v) is 4.28. The Kier molecular flexibility index (Phi) is 5.91. The minimum Gasteiger partial charge on any atom is -0.355 e. The van der Waals surface area contributed by atoms with Crippen LogP contribution in [-0.4, -0.2) is 50.4 Å². The van der Waals surface area contributed by atoms with E-state index < -0.39 is 11.7 Å². The Labute approximate surface area is 172 Å². The monoisotopic (exact) mass is 426 g/mol. The number of fused-ring (bicyclic) bond motifs is 1. The molecule has 29 heavy (non-hydrogen) atoms. The number of hydrogen-bond donors (Lipinski definition) is 0. The molecule has 0 N–H and O–H groups in total. The van der Waals surface area contributed by atoms with E-state index in [9.17, 15) is 13.2 Å². The van der Waals surface area contributed by atoms with E-state index in [-0.39, 0.29) is 0 Å². The first kappa shape index (κ1) is 20.3. The number of halogens is 3. The Bertz CT molecular complexity index is 889. The molecule has 0 atom stereocenters. The van der Waals surface area contributed by atoms with E-state index in [2.05, 4.69) is 14.5 Å². The van der Waals surface area contributed by atoms with Crippen LogP contribution < -0.4 is 4.90 Å². The summed E-state index contributed by atoms with van der Waals surface area (Å²) in [5.74, 6) is 1.67. The van der Waals surface area contributed by atoms with Gasteiger partial charge in [-0.2, -0.15) is 18.3 Å². The predicted molar refractivity (Wildman–Crippen MR) is 106 cm³/mol. The molecule has 4 heterocycles. The van der Waals surface area contributed by atoms with Crippen molar-refractivity contribution in [3.05, 3.63) is 34.5 Å². The van der Waals surface area contributed by atoms with Gasteiger partial charge in [0.25, 0.3) is 0 Å². The lowest BCUT2D eigenvalue weighted by Crippen LogP contribution is -2.32. The van der Waals surface area contributed by atoms with Crippen LogP contribution in [0, 0.1) is 4.77 Å². The number of hydrogen-bond acceptors (Lipinski definition) is 5. The average molecular weight is 427 g/mol. The maximum absolute atomic E-state index is 12.7. The van der Waals surface area contributed by atoms with Crippen molar-refractivity contribution in [3.63, 3.8) is 0 Å². The zero-order valence-corrected chi connectivity index (χ0v) is 17.1. The van der Waals surface area contributed by atoms with Gasteiger partial charge < -0.3 is 9.47 Å². The lowest BCUT2D eigenvalue weighted by Gasteiger charge is -2.23. The normalized spacial score (nSPS) is 18.9. The Balaban J connectivity index is 1.40. The Morgan fingerprint density at radius 1 is 0.966 bits per heavy atom. The average Bonchev–Trinajstić information content (AvgIpc) is 2.92. The third-order valence-electron chi connectivity index (χ3n) is 5.60. The van der Waals surface area contributed by atoms with Crippen LogP contribution >= 0.6 is 12.2 Å². The highest BCUT2D eigenvalue weighted by Gasteiger charge is 2.31. The largest absolute Gasteiger partial charge is 0.417 e. The van der Waals surface area contributed by atoms with E-state index in [4.69, 9.17) is 17.3 Å². The minimum absolute atomic E-state index is 0.588. The van der Waals surface area contributed by atoms with E-state index in [0.29, 0.717) is 19.0 Å². The third-order valence-corrected chi connectivity index (χ3v) is 6.03. The van der Waals surface area contributed by atoms with Crippen LogP contribution in [0.1, 0.15) is 37.1 Å². The molecule has 0 radical (unpaired) electrons. The van der Waals surface area contributed by atoms with Crippen LogP contribution in [0.3, 0.4) is 0 Å². The summed E-state index contributed by atoms with van der Waals surface area (Å²) in [5.41, 5.74) is -0.716. The summed E-state index contributed by atoms with van der Waals surface area (Å²) < 4.78 is 43.1. The Morgan fingerprint density at radius 2 is 1.83 bits per heavy atom. The van der Waals surface area contributed by atoms with Gasteiger partial charge in [0.15, 0.2) is 4.77 Å². The van der Waals surface area contributed by atoms with Gasteiger partial charge in [-0.1, -0.05) is 6.42 Å². The molecule has 2 aromatic heterocycles. The highest BCUT2D eigenvalue weighted by Crippen LogP contribution is 2.29. The number of aromatic nitrogens is 4. The van der Waals surface area contributed by atoms with Crippen LogP contribution in [-0.2, 0) is 25.8 Å². The molecule has 0 unspecified atom stereocenters. The summed E-state index contributed by atoms with van der Waals surface area (Å²) in [6, 6.07) is 2.56. The summed E-state index contributed by atoms with van der Waals surface area (Å²) in [7, 11) is 0. The number of pyridine rings is 1. The SMILES string of the molecule is FC(F)(F)c1ccc(N2CCCN(Cn3nc4n(c3=S)CCCCC4)CC2)nc1. The molecule has 6 nitrogen and oxygen atoms in total. The molecule has 10 heteroatoms. The molecule has 0 aromatic carbocycles. The lowest BCUT2D eigenvalue weighted by molar-refractivity contribution is -0.137. The predicted octanol–water partition coefficient (Wildman–Crippen LogP) is 3.72. The van der Waals surface area contributed by atoms with Crippen molar-refractivity contribution in [1.29, 1.82) is 0 Å². The van der Waals surface area contributed by atoms with Gasteiger partial charge in [0.05, 0.1) is 12.2 Å². The van der Waals surface area contributed by atoms with Gasteiger partial charge in [-0.15, -0.1) is 0 Å². The second-order valence-corrected chi connectivity index (χ2v) is 8.03. The molecule has 0 saturated carbocycles. The van der Waals surface area contributed by atoms with E-state index in [1.54, 1.807) is 0 Å².